The van der Waals surface area contributed by atoms with Crippen molar-refractivity contribution >= 4 is 10.0 Å². The molecule has 0 bridgehead atoms. The van der Waals surface area contributed by atoms with Crippen molar-refractivity contribution in [2.75, 3.05) is 20.3 Å². The molecule has 0 saturated carbocycles. The first-order valence-electron chi connectivity index (χ1n) is 6.74. The first kappa shape index (κ1) is 17.7. The number of benzene rings is 1. The molecule has 1 atom stereocenters. The molecule has 116 valence electrons. The van der Waals surface area contributed by atoms with Gasteiger partial charge in [0, 0.05) is 18.7 Å². The lowest BCUT2D eigenvalue weighted by atomic mass is 10.2. The first-order valence-corrected chi connectivity index (χ1v) is 8.23. The summed E-state index contributed by atoms with van der Waals surface area (Å²) in [7, 11) is -2.07. The van der Waals surface area contributed by atoms with Gasteiger partial charge in [-0.2, -0.15) is 0 Å². The van der Waals surface area contributed by atoms with E-state index in [-0.39, 0.29) is 17.5 Å². The van der Waals surface area contributed by atoms with Crippen molar-refractivity contribution in [2.45, 2.75) is 30.7 Å². The molecule has 0 spiro atoms. The fourth-order valence-corrected chi connectivity index (χ4v) is 3.20. The van der Waals surface area contributed by atoms with Gasteiger partial charge < -0.3 is 9.84 Å². The molecule has 21 heavy (non-hydrogen) atoms. The molecule has 0 saturated heterocycles. The third-order valence-electron chi connectivity index (χ3n) is 2.78. The van der Waals surface area contributed by atoms with Crippen LogP contribution in [0, 0.1) is 11.8 Å². The van der Waals surface area contributed by atoms with Gasteiger partial charge in [0.05, 0.1) is 11.5 Å². The highest BCUT2D eigenvalue weighted by atomic mass is 32.2. The maximum Gasteiger partial charge on any atom is 0.240 e. The molecule has 1 aromatic rings. The predicted octanol–water partition coefficient (Wildman–Crippen LogP) is 1.12. The molecule has 6 heteroatoms. The second-order valence-electron chi connectivity index (χ2n) is 4.55. The summed E-state index contributed by atoms with van der Waals surface area (Å²) in [5, 5.41) is 8.68. The highest BCUT2D eigenvalue weighted by molar-refractivity contribution is 7.89. The molecule has 2 N–H and O–H groups in total. The van der Waals surface area contributed by atoms with Gasteiger partial charge in [-0.15, -0.1) is 0 Å². The van der Waals surface area contributed by atoms with Crippen LogP contribution in [0.1, 0.15) is 25.3 Å². The smallest absolute Gasteiger partial charge is 0.240 e. The van der Waals surface area contributed by atoms with Gasteiger partial charge in [-0.05, 0) is 24.6 Å². The van der Waals surface area contributed by atoms with E-state index in [0.717, 1.165) is 6.42 Å². The molecule has 1 unspecified atom stereocenters. The van der Waals surface area contributed by atoms with E-state index in [2.05, 4.69) is 16.6 Å². The lowest BCUT2D eigenvalue weighted by molar-refractivity contribution is 0.171. The molecule has 5 nitrogen and oxygen atoms in total. The average Bonchev–Trinajstić information content (AvgIpc) is 2.45. The van der Waals surface area contributed by atoms with Crippen molar-refractivity contribution < 1.29 is 18.3 Å². The van der Waals surface area contributed by atoms with E-state index >= 15 is 0 Å². The number of sulfonamides is 1. The van der Waals surface area contributed by atoms with E-state index in [4.69, 9.17) is 9.84 Å². The molecule has 0 aliphatic carbocycles. The third-order valence-corrected chi connectivity index (χ3v) is 4.30. The quantitative estimate of drug-likeness (QED) is 0.740. The second kappa shape index (κ2) is 8.80. The number of nitrogens with one attached hydrogen (secondary N) is 1. The zero-order valence-corrected chi connectivity index (χ0v) is 13.1. The highest BCUT2D eigenvalue weighted by Gasteiger charge is 2.19. The van der Waals surface area contributed by atoms with Crippen LogP contribution in [0.3, 0.4) is 0 Å². The van der Waals surface area contributed by atoms with E-state index in [0.29, 0.717) is 18.6 Å². The largest absolute Gasteiger partial charge is 0.384 e. The number of hydrogen-bond acceptors (Lipinski definition) is 4. The van der Waals surface area contributed by atoms with Crippen LogP contribution in [0.25, 0.3) is 0 Å². The molecule has 0 radical (unpaired) electrons. The van der Waals surface area contributed by atoms with Crippen LogP contribution in [0.2, 0.25) is 0 Å². The molecule has 1 rings (SSSR count). The van der Waals surface area contributed by atoms with Gasteiger partial charge in [0.1, 0.15) is 6.61 Å². The minimum atomic E-state index is -3.61. The second-order valence-corrected chi connectivity index (χ2v) is 6.26. The van der Waals surface area contributed by atoms with Crippen molar-refractivity contribution in [3.05, 3.63) is 29.8 Å². The monoisotopic (exact) mass is 311 g/mol. The Bertz CT molecular complexity index is 596. The van der Waals surface area contributed by atoms with Crippen LogP contribution < -0.4 is 4.72 Å². The lowest BCUT2D eigenvalue weighted by Gasteiger charge is -2.17. The summed E-state index contributed by atoms with van der Waals surface area (Å²) in [6.07, 6.45) is 1.57. The van der Waals surface area contributed by atoms with Crippen LogP contribution in [-0.4, -0.2) is 39.9 Å². The van der Waals surface area contributed by atoms with Crippen LogP contribution in [-0.2, 0) is 14.8 Å². The van der Waals surface area contributed by atoms with E-state index in [1.165, 1.54) is 12.1 Å². The SMILES string of the molecule is CCCC(COC)NS(=O)(=O)c1cccc(C#CCO)c1. The lowest BCUT2D eigenvalue weighted by Crippen LogP contribution is -2.37. The third kappa shape index (κ3) is 5.86. The van der Waals surface area contributed by atoms with Gasteiger partial charge in [-0.1, -0.05) is 31.3 Å². The van der Waals surface area contributed by atoms with Crippen molar-refractivity contribution in [2.24, 2.45) is 0 Å². The number of aliphatic hydroxyl groups is 1. The summed E-state index contributed by atoms with van der Waals surface area (Å²) >= 11 is 0. The molecule has 0 aromatic heterocycles. The van der Waals surface area contributed by atoms with Gasteiger partial charge >= 0.3 is 0 Å². The Kier molecular flexibility index (Phi) is 7.40. The summed E-state index contributed by atoms with van der Waals surface area (Å²) in [5.74, 6) is 5.19. The zero-order chi connectivity index (χ0) is 15.7. The average molecular weight is 311 g/mol. The number of rotatable bonds is 7. The van der Waals surface area contributed by atoms with E-state index in [9.17, 15) is 8.42 Å². The van der Waals surface area contributed by atoms with Gasteiger partial charge in [0.25, 0.3) is 0 Å². The highest BCUT2D eigenvalue weighted by Crippen LogP contribution is 2.12. The van der Waals surface area contributed by atoms with Gasteiger partial charge in [0.15, 0.2) is 0 Å². The molecule has 1 aromatic carbocycles. The van der Waals surface area contributed by atoms with Gasteiger partial charge in [0.2, 0.25) is 10.0 Å². The van der Waals surface area contributed by atoms with Gasteiger partial charge in [-0.25, -0.2) is 13.1 Å². The maximum atomic E-state index is 12.4. The Balaban J connectivity index is 2.96. The van der Waals surface area contributed by atoms with Crippen LogP contribution in [0.5, 0.6) is 0 Å². The molecule has 0 aliphatic heterocycles. The summed E-state index contributed by atoms with van der Waals surface area (Å²) < 4.78 is 32.4. The van der Waals surface area contributed by atoms with Crippen LogP contribution in [0.4, 0.5) is 0 Å². The molecule has 0 amide bonds. The number of aliphatic hydroxyl groups excluding tert-OH is 1. The standard InChI is InChI=1S/C15H21NO4S/c1-3-6-14(12-20-2)16-21(18,19)15-9-4-7-13(11-15)8-5-10-17/h4,7,9,11,14,16-17H,3,6,10,12H2,1-2H3. The Morgan fingerprint density at radius 3 is 2.81 bits per heavy atom. The summed E-state index contributed by atoms with van der Waals surface area (Å²) in [6.45, 7) is 2.06. The molecule has 0 fully saturated rings. The zero-order valence-electron chi connectivity index (χ0n) is 12.3. The normalized spacial score (nSPS) is 12.5. The van der Waals surface area contributed by atoms with Crippen molar-refractivity contribution in [3.63, 3.8) is 0 Å². The van der Waals surface area contributed by atoms with Crippen molar-refractivity contribution in [3.8, 4) is 11.8 Å². The van der Waals surface area contributed by atoms with E-state index in [1.54, 1.807) is 19.2 Å². The van der Waals surface area contributed by atoms with Crippen molar-refractivity contribution in [1.29, 1.82) is 0 Å². The first-order chi connectivity index (χ1) is 10.0. The van der Waals surface area contributed by atoms with Crippen LogP contribution >= 0.6 is 0 Å². The fraction of sp³-hybridized carbons (Fsp3) is 0.467. The van der Waals surface area contributed by atoms with E-state index in [1.807, 2.05) is 6.92 Å². The minimum absolute atomic E-state index is 0.157. The van der Waals surface area contributed by atoms with Gasteiger partial charge in [-0.3, -0.25) is 0 Å². The number of methoxy groups -OCH3 is 1. The Labute approximate surface area is 126 Å². The topological polar surface area (TPSA) is 75.6 Å². The molecule has 0 aliphatic rings. The van der Waals surface area contributed by atoms with Crippen molar-refractivity contribution in [1.82, 2.24) is 4.72 Å². The van der Waals surface area contributed by atoms with Crippen LogP contribution in [0.15, 0.2) is 29.2 Å². The summed E-state index contributed by atoms with van der Waals surface area (Å²) in [6, 6.07) is 6.07. The molecule has 0 heterocycles. The summed E-state index contributed by atoms with van der Waals surface area (Å²) in [4.78, 5) is 0.157. The maximum absolute atomic E-state index is 12.4. The molecular formula is C15H21NO4S. The Morgan fingerprint density at radius 2 is 2.19 bits per heavy atom. The Morgan fingerprint density at radius 1 is 1.43 bits per heavy atom. The molecular weight excluding hydrogens is 290 g/mol. The predicted molar refractivity (Wildman–Crippen MR) is 81.3 cm³/mol. The summed E-state index contributed by atoms with van der Waals surface area (Å²) in [5.41, 5.74) is 0.547. The van der Waals surface area contributed by atoms with E-state index < -0.39 is 10.0 Å². The number of ether oxygens (including phenoxy) is 1. The number of hydrogen-bond donors (Lipinski definition) is 2. The minimum Gasteiger partial charge on any atom is -0.384 e. The fourth-order valence-electron chi connectivity index (χ4n) is 1.90. The Hall–Kier alpha value is -1.39.